The van der Waals surface area contributed by atoms with Crippen molar-refractivity contribution in [2.75, 3.05) is 20.2 Å². The zero-order valence-electron chi connectivity index (χ0n) is 14.7. The van der Waals surface area contributed by atoms with Gasteiger partial charge in [-0.1, -0.05) is 23.7 Å². The van der Waals surface area contributed by atoms with E-state index in [-0.39, 0.29) is 40.7 Å². The predicted molar refractivity (Wildman–Crippen MR) is 103 cm³/mol. The van der Waals surface area contributed by atoms with Gasteiger partial charge in [0.2, 0.25) is 10.0 Å². The third kappa shape index (κ3) is 3.99. The van der Waals surface area contributed by atoms with E-state index >= 15 is 0 Å². The highest BCUT2D eigenvalue weighted by Crippen LogP contribution is 2.30. The normalized spacial score (nSPS) is 17.0. The summed E-state index contributed by atoms with van der Waals surface area (Å²) >= 11 is 6.02. The molecule has 1 saturated heterocycles. The molecule has 1 heterocycles. The van der Waals surface area contributed by atoms with Crippen LogP contribution in [-0.4, -0.2) is 46.6 Å². The van der Waals surface area contributed by atoms with E-state index in [2.05, 4.69) is 0 Å². The van der Waals surface area contributed by atoms with Crippen molar-refractivity contribution in [2.24, 2.45) is 0 Å². The molecule has 27 heavy (non-hydrogen) atoms. The molecule has 1 fully saturated rings. The number of nitrogens with zero attached hydrogens (tertiary/aromatic N) is 1. The summed E-state index contributed by atoms with van der Waals surface area (Å²) in [7, 11) is -5.76. The Morgan fingerprint density at radius 1 is 0.963 bits per heavy atom. The predicted octanol–water partition coefficient (Wildman–Crippen LogP) is 2.98. The Labute approximate surface area is 164 Å². The van der Waals surface area contributed by atoms with Gasteiger partial charge in [-0.2, -0.15) is 4.31 Å². The monoisotopic (exact) mass is 429 g/mol. The van der Waals surface area contributed by atoms with Crippen molar-refractivity contribution in [2.45, 2.75) is 27.9 Å². The third-order valence-electron chi connectivity index (χ3n) is 4.68. The largest absolute Gasteiger partial charge is 0.497 e. The van der Waals surface area contributed by atoms with Crippen LogP contribution in [0, 0.1) is 0 Å². The Kier molecular flexibility index (Phi) is 5.81. The molecule has 0 amide bonds. The first-order valence-electron chi connectivity index (χ1n) is 8.39. The van der Waals surface area contributed by atoms with Crippen LogP contribution in [0.3, 0.4) is 0 Å². The van der Waals surface area contributed by atoms with Crippen LogP contribution >= 0.6 is 11.6 Å². The van der Waals surface area contributed by atoms with Gasteiger partial charge in [-0.3, -0.25) is 0 Å². The minimum Gasteiger partial charge on any atom is -0.497 e. The summed E-state index contributed by atoms with van der Waals surface area (Å²) in [6.45, 7) is 0.265. The number of benzene rings is 2. The molecule has 0 bridgehead atoms. The van der Waals surface area contributed by atoms with Crippen LogP contribution in [0.2, 0.25) is 5.02 Å². The number of sulfone groups is 1. The average Bonchev–Trinajstić information content (AvgIpc) is 2.68. The van der Waals surface area contributed by atoms with Crippen molar-refractivity contribution in [3.8, 4) is 5.75 Å². The van der Waals surface area contributed by atoms with E-state index in [0.29, 0.717) is 5.75 Å². The average molecular weight is 430 g/mol. The number of sulfonamides is 1. The van der Waals surface area contributed by atoms with Crippen LogP contribution in [-0.2, 0) is 19.9 Å². The second kappa shape index (κ2) is 7.79. The molecule has 1 aliphatic heterocycles. The SMILES string of the molecule is COc1ccc(S(=O)(=O)C2CCN(S(=O)(=O)c3ccccc3Cl)CC2)cc1. The van der Waals surface area contributed by atoms with Crippen molar-refractivity contribution in [3.05, 3.63) is 53.6 Å². The van der Waals surface area contributed by atoms with Crippen LogP contribution in [0.1, 0.15) is 12.8 Å². The molecule has 2 aromatic carbocycles. The van der Waals surface area contributed by atoms with Crippen LogP contribution in [0.15, 0.2) is 58.3 Å². The maximum Gasteiger partial charge on any atom is 0.244 e. The molecule has 0 N–H and O–H groups in total. The highest BCUT2D eigenvalue weighted by molar-refractivity contribution is 7.92. The van der Waals surface area contributed by atoms with Crippen LogP contribution in [0.4, 0.5) is 0 Å². The van der Waals surface area contributed by atoms with Crippen LogP contribution < -0.4 is 4.74 Å². The Bertz CT molecular complexity index is 1010. The van der Waals surface area contributed by atoms with Gasteiger partial charge >= 0.3 is 0 Å². The minimum absolute atomic E-state index is 0.0446. The smallest absolute Gasteiger partial charge is 0.244 e. The fraction of sp³-hybridized carbons (Fsp3) is 0.333. The Morgan fingerprint density at radius 3 is 2.11 bits per heavy atom. The van der Waals surface area contributed by atoms with Gasteiger partial charge in [0.25, 0.3) is 0 Å². The van der Waals surface area contributed by atoms with E-state index in [9.17, 15) is 16.8 Å². The first kappa shape index (κ1) is 20.1. The first-order valence-corrected chi connectivity index (χ1v) is 11.8. The Hall–Kier alpha value is -1.61. The minimum atomic E-state index is -3.75. The molecule has 0 unspecified atom stereocenters. The van der Waals surface area contributed by atoms with Crippen molar-refractivity contribution in [3.63, 3.8) is 0 Å². The van der Waals surface area contributed by atoms with E-state index in [4.69, 9.17) is 16.3 Å². The second-order valence-electron chi connectivity index (χ2n) is 6.25. The molecule has 2 aromatic rings. The molecule has 0 aromatic heterocycles. The molecule has 0 saturated carbocycles. The number of halogens is 1. The first-order chi connectivity index (χ1) is 12.8. The summed E-state index contributed by atoms with van der Waals surface area (Å²) in [5.74, 6) is 0.578. The lowest BCUT2D eigenvalue weighted by Gasteiger charge is -2.31. The number of hydrogen-bond donors (Lipinski definition) is 0. The summed E-state index contributed by atoms with van der Waals surface area (Å²) in [5.41, 5.74) is 0. The van der Waals surface area contributed by atoms with Crippen molar-refractivity contribution < 1.29 is 21.6 Å². The van der Waals surface area contributed by atoms with E-state index < -0.39 is 25.1 Å². The summed E-state index contributed by atoms with van der Waals surface area (Å²) in [5, 5.41) is -0.464. The van der Waals surface area contributed by atoms with Gasteiger partial charge in [-0.25, -0.2) is 16.8 Å². The highest BCUT2D eigenvalue weighted by Gasteiger charge is 2.36. The summed E-state index contributed by atoms with van der Waals surface area (Å²) in [6, 6.07) is 12.5. The lowest BCUT2D eigenvalue weighted by molar-refractivity contribution is 0.345. The molecular weight excluding hydrogens is 410 g/mol. The third-order valence-corrected chi connectivity index (χ3v) is 9.36. The molecule has 3 rings (SSSR count). The topological polar surface area (TPSA) is 80.8 Å². The molecule has 1 aliphatic rings. The summed E-state index contributed by atoms with van der Waals surface area (Å²) < 4.78 is 57.6. The molecule has 0 radical (unpaired) electrons. The molecular formula is C18H20ClNO5S2. The van der Waals surface area contributed by atoms with E-state index in [1.54, 1.807) is 24.3 Å². The molecule has 0 aliphatic carbocycles. The van der Waals surface area contributed by atoms with Gasteiger partial charge < -0.3 is 4.74 Å². The molecule has 6 nitrogen and oxygen atoms in total. The quantitative estimate of drug-likeness (QED) is 0.729. The zero-order chi connectivity index (χ0) is 19.7. The lowest BCUT2D eigenvalue weighted by Crippen LogP contribution is -2.42. The Balaban J connectivity index is 1.75. The van der Waals surface area contributed by atoms with Gasteiger partial charge in [0.1, 0.15) is 10.6 Å². The van der Waals surface area contributed by atoms with Crippen molar-refractivity contribution >= 4 is 31.5 Å². The standard InChI is InChI=1S/C18H20ClNO5S2/c1-25-14-6-8-15(9-7-14)26(21,22)16-10-12-20(13-11-16)27(23,24)18-5-3-2-4-17(18)19/h2-9,16H,10-13H2,1H3. The van der Waals surface area contributed by atoms with Crippen LogP contribution in [0.5, 0.6) is 5.75 Å². The number of hydrogen-bond acceptors (Lipinski definition) is 5. The molecule has 146 valence electrons. The lowest BCUT2D eigenvalue weighted by atomic mass is 10.2. The van der Waals surface area contributed by atoms with Crippen molar-refractivity contribution in [1.82, 2.24) is 4.31 Å². The van der Waals surface area contributed by atoms with E-state index in [1.807, 2.05) is 0 Å². The second-order valence-corrected chi connectivity index (χ2v) is 10.8. The van der Waals surface area contributed by atoms with Gasteiger partial charge in [0, 0.05) is 13.1 Å². The molecule has 9 heteroatoms. The van der Waals surface area contributed by atoms with Crippen LogP contribution in [0.25, 0.3) is 0 Å². The number of ether oxygens (including phenoxy) is 1. The van der Waals surface area contributed by atoms with Gasteiger partial charge in [0.15, 0.2) is 9.84 Å². The van der Waals surface area contributed by atoms with Crippen molar-refractivity contribution in [1.29, 1.82) is 0 Å². The maximum absolute atomic E-state index is 12.8. The van der Waals surface area contributed by atoms with Gasteiger partial charge in [0.05, 0.1) is 22.3 Å². The van der Waals surface area contributed by atoms with Gasteiger partial charge in [-0.05, 0) is 49.2 Å². The Morgan fingerprint density at radius 2 is 1.56 bits per heavy atom. The summed E-state index contributed by atoms with van der Waals surface area (Å²) in [4.78, 5) is 0.263. The zero-order valence-corrected chi connectivity index (χ0v) is 17.1. The fourth-order valence-corrected chi connectivity index (χ4v) is 6.83. The maximum atomic E-state index is 12.8. The highest BCUT2D eigenvalue weighted by atomic mass is 35.5. The summed E-state index contributed by atoms with van der Waals surface area (Å²) in [6.07, 6.45) is 0.468. The molecule has 0 spiro atoms. The number of piperidine rings is 1. The molecule has 0 atom stereocenters. The van der Waals surface area contributed by atoms with E-state index in [0.717, 1.165) is 0 Å². The fourth-order valence-electron chi connectivity index (χ4n) is 3.13. The van der Waals surface area contributed by atoms with Gasteiger partial charge in [-0.15, -0.1) is 0 Å². The number of methoxy groups -OCH3 is 1. The number of rotatable bonds is 5. The van der Waals surface area contributed by atoms with E-state index in [1.165, 1.54) is 35.7 Å².